The highest BCUT2D eigenvalue weighted by Gasteiger charge is 2.37. The van der Waals surface area contributed by atoms with Crippen LogP contribution in [0.3, 0.4) is 0 Å². The van der Waals surface area contributed by atoms with Gasteiger partial charge in [0.15, 0.2) is 0 Å². The second-order valence-electron chi connectivity index (χ2n) is 10.8. The van der Waals surface area contributed by atoms with Gasteiger partial charge in [0.05, 0.1) is 12.3 Å². The quantitative estimate of drug-likeness (QED) is 0.384. The van der Waals surface area contributed by atoms with E-state index in [0.717, 1.165) is 18.4 Å². The predicted molar refractivity (Wildman–Crippen MR) is 156 cm³/mol. The SMILES string of the molecule is CCC1CNCC(CCc2c(F)cccc2NC(=O)C(N)C(c2ccc(Cl)cc2)C2CCOCC2)N1S(C)(=O)=O. The van der Waals surface area contributed by atoms with Crippen molar-refractivity contribution < 1.29 is 22.3 Å². The van der Waals surface area contributed by atoms with Crippen LogP contribution in [0.2, 0.25) is 5.02 Å². The standard InChI is InChI=1S/C29H40ClFN4O4S/c1-3-22-17-33-18-23(35(22)40(2,37)38)11-12-24-25(31)5-4-6-26(24)34-29(36)28(32)27(20-13-15-39-16-14-20)19-7-9-21(30)10-8-19/h4-10,20,22-23,27-28,33H,3,11-18,32H2,1-2H3,(H,34,36). The molecule has 0 aliphatic carbocycles. The molecule has 0 saturated carbocycles. The normalized spacial score (nSPS) is 22.5. The first-order chi connectivity index (χ1) is 19.1. The lowest BCUT2D eigenvalue weighted by Crippen LogP contribution is -2.58. The Labute approximate surface area is 241 Å². The highest BCUT2D eigenvalue weighted by Crippen LogP contribution is 2.35. The number of hydrogen-bond acceptors (Lipinski definition) is 6. The van der Waals surface area contributed by atoms with Crippen LogP contribution in [0.5, 0.6) is 0 Å². The van der Waals surface area contributed by atoms with E-state index < -0.39 is 27.8 Å². The molecule has 2 aliphatic rings. The molecule has 2 aromatic rings. The summed E-state index contributed by atoms with van der Waals surface area (Å²) in [5, 5.41) is 6.80. The number of nitrogens with two attached hydrogens (primary N) is 1. The van der Waals surface area contributed by atoms with Gasteiger partial charge in [-0.15, -0.1) is 0 Å². The summed E-state index contributed by atoms with van der Waals surface area (Å²) in [6.07, 6.45) is 4.13. The van der Waals surface area contributed by atoms with E-state index >= 15 is 4.39 Å². The summed E-state index contributed by atoms with van der Waals surface area (Å²) < 4.78 is 47.4. The van der Waals surface area contributed by atoms with Crippen LogP contribution in [0.4, 0.5) is 10.1 Å². The number of sulfonamides is 1. The van der Waals surface area contributed by atoms with E-state index in [1.54, 1.807) is 28.6 Å². The third kappa shape index (κ3) is 7.40. The number of carbonyl (C=O) groups is 1. The molecular weight excluding hydrogens is 555 g/mol. The number of nitrogens with zero attached hydrogens (tertiary/aromatic N) is 1. The molecule has 2 fully saturated rings. The van der Waals surface area contributed by atoms with Crippen molar-refractivity contribution in [2.75, 3.05) is 37.9 Å². The van der Waals surface area contributed by atoms with E-state index in [9.17, 15) is 13.2 Å². The molecule has 2 aliphatic heterocycles. The van der Waals surface area contributed by atoms with E-state index in [1.165, 1.54) is 12.3 Å². The fraction of sp³-hybridized carbons (Fsp3) is 0.552. The number of amides is 1. The second-order valence-corrected chi connectivity index (χ2v) is 13.1. The van der Waals surface area contributed by atoms with Crippen molar-refractivity contribution in [2.24, 2.45) is 11.7 Å². The van der Waals surface area contributed by atoms with Crippen LogP contribution in [0.15, 0.2) is 42.5 Å². The minimum absolute atomic E-state index is 0.148. The first-order valence-electron chi connectivity index (χ1n) is 14.0. The average Bonchev–Trinajstić information content (AvgIpc) is 2.93. The van der Waals surface area contributed by atoms with Crippen LogP contribution in [-0.2, 0) is 26.0 Å². The van der Waals surface area contributed by atoms with Crippen molar-refractivity contribution >= 4 is 33.2 Å². The highest BCUT2D eigenvalue weighted by atomic mass is 35.5. The van der Waals surface area contributed by atoms with Gasteiger partial charge in [0.1, 0.15) is 5.82 Å². The Kier molecular flexibility index (Phi) is 10.6. The van der Waals surface area contributed by atoms with Gasteiger partial charge in [-0.3, -0.25) is 4.79 Å². The third-order valence-electron chi connectivity index (χ3n) is 8.16. The molecule has 11 heteroatoms. The first kappa shape index (κ1) is 30.9. The number of anilines is 1. The second kappa shape index (κ2) is 13.7. The molecule has 0 radical (unpaired) electrons. The fourth-order valence-corrected chi connectivity index (χ4v) is 7.76. The molecular formula is C29H40ClFN4O4S. The Hall–Kier alpha value is -2.08. The average molecular weight is 595 g/mol. The number of ether oxygens (including phenoxy) is 1. The van der Waals surface area contributed by atoms with Crippen LogP contribution < -0.4 is 16.4 Å². The van der Waals surface area contributed by atoms with Crippen LogP contribution in [-0.4, -0.2) is 69.3 Å². The minimum atomic E-state index is -3.44. The number of carbonyl (C=O) groups excluding carboxylic acids is 1. The van der Waals surface area contributed by atoms with E-state index in [1.807, 2.05) is 19.1 Å². The zero-order chi connectivity index (χ0) is 28.9. The Morgan fingerprint density at radius 3 is 2.50 bits per heavy atom. The number of hydrogen-bond donors (Lipinski definition) is 3. The van der Waals surface area contributed by atoms with Gasteiger partial charge in [0.2, 0.25) is 15.9 Å². The van der Waals surface area contributed by atoms with Crippen molar-refractivity contribution in [3.8, 4) is 0 Å². The van der Waals surface area contributed by atoms with Gasteiger partial charge >= 0.3 is 0 Å². The van der Waals surface area contributed by atoms with Gasteiger partial charge in [-0.25, -0.2) is 12.8 Å². The predicted octanol–water partition coefficient (Wildman–Crippen LogP) is 3.90. The maximum atomic E-state index is 15.1. The zero-order valence-electron chi connectivity index (χ0n) is 23.1. The Bertz CT molecular complexity index is 1260. The molecule has 2 heterocycles. The lowest BCUT2D eigenvalue weighted by Gasteiger charge is -2.40. The Morgan fingerprint density at radius 2 is 1.85 bits per heavy atom. The maximum absolute atomic E-state index is 15.1. The topological polar surface area (TPSA) is 114 Å². The highest BCUT2D eigenvalue weighted by molar-refractivity contribution is 7.88. The number of piperazine rings is 1. The lowest BCUT2D eigenvalue weighted by atomic mass is 9.76. The molecule has 2 saturated heterocycles. The molecule has 0 aromatic heterocycles. The van der Waals surface area contributed by atoms with Gasteiger partial charge in [-0.05, 0) is 67.9 Å². The molecule has 220 valence electrons. The molecule has 0 spiro atoms. The van der Waals surface area contributed by atoms with Gasteiger partial charge in [0.25, 0.3) is 0 Å². The van der Waals surface area contributed by atoms with Crippen molar-refractivity contribution in [1.82, 2.24) is 9.62 Å². The fourth-order valence-electron chi connectivity index (χ4n) is 6.14. The molecule has 4 N–H and O–H groups in total. The summed E-state index contributed by atoms with van der Waals surface area (Å²) in [5.74, 6) is -0.969. The molecule has 4 atom stereocenters. The Balaban J connectivity index is 1.53. The maximum Gasteiger partial charge on any atom is 0.241 e. The number of benzene rings is 2. The molecule has 2 aromatic carbocycles. The molecule has 8 nitrogen and oxygen atoms in total. The summed E-state index contributed by atoms with van der Waals surface area (Å²) in [6, 6.07) is 10.6. The summed E-state index contributed by atoms with van der Waals surface area (Å²) in [4.78, 5) is 13.6. The van der Waals surface area contributed by atoms with Crippen molar-refractivity contribution in [3.05, 3.63) is 64.4 Å². The first-order valence-corrected chi connectivity index (χ1v) is 16.2. The summed E-state index contributed by atoms with van der Waals surface area (Å²) in [6.45, 7) is 4.24. The Morgan fingerprint density at radius 1 is 1.18 bits per heavy atom. The summed E-state index contributed by atoms with van der Waals surface area (Å²) in [7, 11) is -3.44. The summed E-state index contributed by atoms with van der Waals surface area (Å²) >= 11 is 6.11. The minimum Gasteiger partial charge on any atom is -0.381 e. The molecule has 4 rings (SSSR count). The molecule has 0 bridgehead atoms. The molecule has 40 heavy (non-hydrogen) atoms. The van der Waals surface area contributed by atoms with E-state index in [4.69, 9.17) is 22.1 Å². The van der Waals surface area contributed by atoms with Gasteiger partial charge in [0, 0.05) is 60.6 Å². The van der Waals surface area contributed by atoms with E-state index in [2.05, 4.69) is 10.6 Å². The number of halogens is 2. The third-order valence-corrected chi connectivity index (χ3v) is 9.77. The number of rotatable bonds is 10. The smallest absolute Gasteiger partial charge is 0.241 e. The van der Waals surface area contributed by atoms with Gasteiger partial charge in [-0.2, -0.15) is 4.31 Å². The molecule has 1 amide bonds. The number of nitrogens with one attached hydrogen (secondary N) is 2. The summed E-state index contributed by atoms with van der Waals surface area (Å²) in [5.41, 5.74) is 8.24. The largest absolute Gasteiger partial charge is 0.381 e. The van der Waals surface area contributed by atoms with Crippen molar-refractivity contribution in [1.29, 1.82) is 0 Å². The van der Waals surface area contributed by atoms with Crippen LogP contribution in [0.1, 0.15) is 49.7 Å². The molecule has 4 unspecified atom stereocenters. The zero-order valence-corrected chi connectivity index (χ0v) is 24.7. The van der Waals surface area contributed by atoms with Gasteiger partial charge < -0.3 is 21.1 Å². The monoisotopic (exact) mass is 594 g/mol. The van der Waals surface area contributed by atoms with Gasteiger partial charge in [-0.1, -0.05) is 36.7 Å². The van der Waals surface area contributed by atoms with Crippen molar-refractivity contribution in [3.63, 3.8) is 0 Å². The van der Waals surface area contributed by atoms with E-state index in [-0.39, 0.29) is 30.3 Å². The van der Waals surface area contributed by atoms with Crippen LogP contribution >= 0.6 is 11.6 Å². The van der Waals surface area contributed by atoms with Crippen LogP contribution in [0.25, 0.3) is 0 Å². The van der Waals surface area contributed by atoms with Crippen LogP contribution in [0, 0.1) is 11.7 Å². The van der Waals surface area contributed by atoms with Crippen molar-refractivity contribution in [2.45, 2.75) is 63.1 Å². The lowest BCUT2D eigenvalue weighted by molar-refractivity contribution is -0.118. The van der Waals surface area contributed by atoms with E-state index in [0.29, 0.717) is 55.4 Å².